The summed E-state index contributed by atoms with van der Waals surface area (Å²) in [5.41, 5.74) is 7.81. The first-order valence-corrected chi connectivity index (χ1v) is 14.0. The smallest absolute Gasteiger partial charge is 0.257 e. The van der Waals surface area contributed by atoms with Gasteiger partial charge in [-0.1, -0.05) is 30.3 Å². The second kappa shape index (κ2) is 12.7. The lowest BCUT2D eigenvalue weighted by atomic mass is 10.0. The standard InChI is InChI=1S/C34H27FN6O5/c1-44-29-14-24-27(15-30(29)45-2)39-18-40-34(24)46-28-12-8-19-5-3-4-6-23(19)31(28)33(43)38-17-22-10-7-20(16-37-22)32(42)41-26-11-9-21(35)13-25(26)36/h3-16,18H,17,36H2,1-2H3,(H,38,43)(H,41,42). The molecular weight excluding hydrogens is 591 g/mol. The Morgan fingerprint density at radius 2 is 1.63 bits per heavy atom. The van der Waals surface area contributed by atoms with E-state index in [1.54, 1.807) is 30.3 Å². The van der Waals surface area contributed by atoms with Gasteiger partial charge >= 0.3 is 0 Å². The van der Waals surface area contributed by atoms with Gasteiger partial charge < -0.3 is 30.6 Å². The summed E-state index contributed by atoms with van der Waals surface area (Å²) in [6.07, 6.45) is 2.75. The molecule has 0 saturated carbocycles. The number of benzene rings is 4. The Morgan fingerprint density at radius 1 is 0.826 bits per heavy atom. The van der Waals surface area contributed by atoms with Gasteiger partial charge in [0.05, 0.1) is 59.9 Å². The van der Waals surface area contributed by atoms with E-state index in [-0.39, 0.29) is 35.1 Å². The predicted octanol–water partition coefficient (Wildman–Crippen LogP) is 5.89. The molecule has 11 nitrogen and oxygen atoms in total. The SMILES string of the molecule is COc1cc2ncnc(Oc3ccc4ccccc4c3C(=O)NCc3ccc(C(=O)Nc4ccc(F)cc4N)cn3)c2cc1OC. The Balaban J connectivity index is 1.24. The van der Waals surface area contributed by atoms with Crippen LogP contribution in [0.5, 0.6) is 23.1 Å². The molecule has 0 aliphatic heterocycles. The number of hydrogen-bond donors (Lipinski definition) is 3. The zero-order valence-electron chi connectivity index (χ0n) is 24.7. The number of fused-ring (bicyclic) bond motifs is 2. The van der Waals surface area contributed by atoms with Gasteiger partial charge in [0.15, 0.2) is 11.5 Å². The minimum Gasteiger partial charge on any atom is -0.493 e. The molecule has 2 aromatic heterocycles. The van der Waals surface area contributed by atoms with Crippen molar-refractivity contribution in [1.82, 2.24) is 20.3 Å². The summed E-state index contributed by atoms with van der Waals surface area (Å²) < 4.78 is 30.5. The van der Waals surface area contributed by atoms with E-state index in [4.69, 9.17) is 19.9 Å². The van der Waals surface area contributed by atoms with Gasteiger partial charge in [-0.2, -0.15) is 0 Å². The van der Waals surface area contributed by atoms with E-state index >= 15 is 0 Å². The van der Waals surface area contributed by atoms with Crippen molar-refractivity contribution in [2.75, 3.05) is 25.3 Å². The number of amides is 2. The summed E-state index contributed by atoms with van der Waals surface area (Å²) in [7, 11) is 3.07. The largest absolute Gasteiger partial charge is 0.493 e. The maximum absolute atomic E-state index is 13.7. The molecule has 0 unspecified atom stereocenters. The second-order valence-corrected chi connectivity index (χ2v) is 10.1. The Morgan fingerprint density at radius 3 is 2.39 bits per heavy atom. The molecule has 46 heavy (non-hydrogen) atoms. The number of anilines is 2. The Hall–Kier alpha value is -6.30. The fourth-order valence-electron chi connectivity index (χ4n) is 4.88. The number of pyridine rings is 1. The lowest BCUT2D eigenvalue weighted by molar-refractivity contribution is 0.0948. The van der Waals surface area contributed by atoms with E-state index < -0.39 is 17.6 Å². The topological polar surface area (TPSA) is 151 Å². The summed E-state index contributed by atoms with van der Waals surface area (Å²) >= 11 is 0. The van der Waals surface area contributed by atoms with Gasteiger partial charge in [-0.15, -0.1) is 0 Å². The van der Waals surface area contributed by atoms with Crippen LogP contribution in [0.3, 0.4) is 0 Å². The van der Waals surface area contributed by atoms with E-state index in [2.05, 4.69) is 25.6 Å². The molecule has 6 aromatic rings. The molecule has 0 atom stereocenters. The van der Waals surface area contributed by atoms with E-state index in [0.717, 1.165) is 11.5 Å². The van der Waals surface area contributed by atoms with Crippen molar-refractivity contribution < 1.29 is 28.2 Å². The highest BCUT2D eigenvalue weighted by Gasteiger charge is 2.20. The number of nitrogens with zero attached hydrogens (tertiary/aromatic N) is 3. The van der Waals surface area contributed by atoms with E-state index in [9.17, 15) is 14.0 Å². The molecule has 0 saturated heterocycles. The molecule has 0 aliphatic carbocycles. The number of nitrogens with one attached hydrogen (secondary N) is 2. The molecular formula is C34H27FN6O5. The number of methoxy groups -OCH3 is 2. The minimum absolute atomic E-state index is 0.0712. The Labute approximate surface area is 262 Å². The highest BCUT2D eigenvalue weighted by molar-refractivity contribution is 6.09. The van der Waals surface area contributed by atoms with Gasteiger partial charge in [0.25, 0.3) is 11.8 Å². The van der Waals surface area contributed by atoms with E-state index in [1.165, 1.54) is 38.9 Å². The Kier molecular flexibility index (Phi) is 8.24. The quantitative estimate of drug-likeness (QED) is 0.169. The normalized spacial score (nSPS) is 10.8. The highest BCUT2D eigenvalue weighted by Crippen LogP contribution is 2.37. The fraction of sp³-hybridized carbons (Fsp3) is 0.0882. The molecule has 0 spiro atoms. The number of carbonyl (C=O) groups excluding carboxylic acids is 2. The molecule has 6 rings (SSSR count). The molecule has 0 bridgehead atoms. The molecule has 2 heterocycles. The number of nitrogen functional groups attached to an aromatic ring is 1. The van der Waals surface area contributed by atoms with Crippen LogP contribution in [0, 0.1) is 5.82 Å². The number of carbonyl (C=O) groups is 2. The number of aromatic nitrogens is 3. The number of rotatable bonds is 9. The summed E-state index contributed by atoms with van der Waals surface area (Å²) in [6, 6.07) is 21.4. The molecule has 12 heteroatoms. The third-order valence-corrected chi connectivity index (χ3v) is 7.21. The van der Waals surface area contributed by atoms with Crippen LogP contribution in [-0.4, -0.2) is 41.0 Å². The average molecular weight is 619 g/mol. The lowest BCUT2D eigenvalue weighted by Gasteiger charge is -2.15. The van der Waals surface area contributed by atoms with Crippen LogP contribution >= 0.6 is 0 Å². The van der Waals surface area contributed by atoms with Gasteiger partial charge in [-0.05, 0) is 53.2 Å². The van der Waals surface area contributed by atoms with Crippen LogP contribution in [0.25, 0.3) is 21.7 Å². The summed E-state index contributed by atoms with van der Waals surface area (Å²) in [5.74, 6) is 0.119. The first-order valence-electron chi connectivity index (χ1n) is 14.0. The monoisotopic (exact) mass is 618 g/mol. The van der Waals surface area contributed by atoms with Gasteiger partial charge in [-0.3, -0.25) is 14.6 Å². The highest BCUT2D eigenvalue weighted by atomic mass is 19.1. The second-order valence-electron chi connectivity index (χ2n) is 10.1. The summed E-state index contributed by atoms with van der Waals surface area (Å²) in [6.45, 7) is 0.0712. The van der Waals surface area contributed by atoms with Crippen molar-refractivity contribution in [1.29, 1.82) is 0 Å². The molecule has 0 fully saturated rings. The molecule has 4 aromatic carbocycles. The maximum Gasteiger partial charge on any atom is 0.257 e. The van der Waals surface area contributed by atoms with Gasteiger partial charge in [-0.25, -0.2) is 14.4 Å². The minimum atomic E-state index is -0.505. The van der Waals surface area contributed by atoms with Crippen molar-refractivity contribution in [3.8, 4) is 23.1 Å². The molecule has 2 amide bonds. The molecule has 230 valence electrons. The van der Waals surface area contributed by atoms with Crippen molar-refractivity contribution in [2.24, 2.45) is 0 Å². The first-order chi connectivity index (χ1) is 22.3. The van der Waals surface area contributed by atoms with Crippen LogP contribution in [0.2, 0.25) is 0 Å². The zero-order chi connectivity index (χ0) is 32.2. The third kappa shape index (κ3) is 6.04. The van der Waals surface area contributed by atoms with E-state index in [0.29, 0.717) is 39.0 Å². The molecule has 4 N–H and O–H groups in total. The van der Waals surface area contributed by atoms with Crippen molar-refractivity contribution in [3.63, 3.8) is 0 Å². The first kappa shape index (κ1) is 29.8. The lowest BCUT2D eigenvalue weighted by Crippen LogP contribution is -2.24. The van der Waals surface area contributed by atoms with Gasteiger partial charge in [0.1, 0.15) is 17.9 Å². The summed E-state index contributed by atoms with van der Waals surface area (Å²) in [5, 5.41) is 7.62. The molecule has 0 aliphatic rings. The van der Waals surface area contributed by atoms with Crippen molar-refractivity contribution in [3.05, 3.63) is 114 Å². The third-order valence-electron chi connectivity index (χ3n) is 7.21. The number of ether oxygens (including phenoxy) is 3. The average Bonchev–Trinajstić information content (AvgIpc) is 3.08. The van der Waals surface area contributed by atoms with Crippen molar-refractivity contribution in [2.45, 2.75) is 6.54 Å². The van der Waals surface area contributed by atoms with Crippen molar-refractivity contribution >= 4 is 44.9 Å². The zero-order valence-corrected chi connectivity index (χ0v) is 24.7. The predicted molar refractivity (Wildman–Crippen MR) is 171 cm³/mol. The number of hydrogen-bond acceptors (Lipinski definition) is 9. The van der Waals surface area contributed by atoms with Crippen LogP contribution < -0.4 is 30.6 Å². The number of halogens is 1. The molecule has 0 radical (unpaired) electrons. The van der Waals surface area contributed by atoms with E-state index in [1.807, 2.05) is 30.3 Å². The van der Waals surface area contributed by atoms with Crippen LogP contribution in [0.15, 0.2) is 91.4 Å². The maximum atomic E-state index is 13.7. The Bertz CT molecular complexity index is 2110. The van der Waals surface area contributed by atoms with Gasteiger partial charge in [0.2, 0.25) is 5.88 Å². The van der Waals surface area contributed by atoms with Gasteiger partial charge in [0, 0.05) is 12.3 Å². The van der Waals surface area contributed by atoms with Crippen LogP contribution in [0.4, 0.5) is 15.8 Å². The fourth-order valence-corrected chi connectivity index (χ4v) is 4.88. The van der Waals surface area contributed by atoms with Crippen LogP contribution in [0.1, 0.15) is 26.4 Å². The number of nitrogens with two attached hydrogens (primary N) is 1. The summed E-state index contributed by atoms with van der Waals surface area (Å²) in [4.78, 5) is 39.4. The van der Waals surface area contributed by atoms with Crippen LogP contribution in [-0.2, 0) is 6.54 Å².